The highest BCUT2D eigenvalue weighted by Crippen LogP contribution is 2.28. The molecule has 1 amide bonds. The molecule has 0 saturated heterocycles. The second-order valence-corrected chi connectivity index (χ2v) is 5.58. The van der Waals surface area contributed by atoms with Gasteiger partial charge in [0, 0.05) is 17.3 Å². The summed E-state index contributed by atoms with van der Waals surface area (Å²) in [5, 5.41) is 2.81. The zero-order chi connectivity index (χ0) is 11.4. The second kappa shape index (κ2) is 5.69. The fourth-order valence-corrected chi connectivity index (χ4v) is 3.29. The average Bonchev–Trinajstić information content (AvgIpc) is 2.58. The lowest BCUT2D eigenvalue weighted by atomic mass is 10.1. The highest BCUT2D eigenvalue weighted by atomic mass is 35.5. The van der Waals surface area contributed by atoms with Crippen molar-refractivity contribution in [3.63, 3.8) is 0 Å². The van der Waals surface area contributed by atoms with E-state index in [2.05, 4.69) is 11.4 Å². The van der Waals surface area contributed by atoms with Crippen molar-refractivity contribution in [2.75, 3.05) is 12.4 Å². The van der Waals surface area contributed by atoms with E-state index in [9.17, 15) is 4.79 Å². The largest absolute Gasteiger partial charge is 0.350 e. The predicted octanol–water partition coefficient (Wildman–Crippen LogP) is 2.99. The number of halogens is 1. The number of nitrogens with one attached hydrogen (secondary N) is 1. The fourth-order valence-electron chi connectivity index (χ4n) is 2.03. The second-order valence-electron chi connectivity index (χ2n) is 4.06. The van der Waals surface area contributed by atoms with Gasteiger partial charge in [-0.2, -0.15) is 0 Å². The van der Waals surface area contributed by atoms with Gasteiger partial charge in [0.25, 0.3) is 5.91 Å². The molecule has 0 bridgehead atoms. The van der Waals surface area contributed by atoms with Crippen molar-refractivity contribution in [2.45, 2.75) is 32.1 Å². The van der Waals surface area contributed by atoms with E-state index < -0.39 is 0 Å². The van der Waals surface area contributed by atoms with Gasteiger partial charge < -0.3 is 5.32 Å². The summed E-state index contributed by atoms with van der Waals surface area (Å²) in [6.45, 7) is 0.545. The van der Waals surface area contributed by atoms with Gasteiger partial charge in [0.05, 0.1) is 4.88 Å². The molecule has 0 saturated carbocycles. The number of hydrogen-bond donors (Lipinski definition) is 1. The van der Waals surface area contributed by atoms with E-state index >= 15 is 0 Å². The molecule has 1 aliphatic rings. The number of carbonyl (C=O) groups is 1. The van der Waals surface area contributed by atoms with Crippen LogP contribution in [0.15, 0.2) is 6.07 Å². The number of amides is 1. The number of thiophene rings is 1. The molecule has 4 heteroatoms. The van der Waals surface area contributed by atoms with Crippen LogP contribution in [0, 0.1) is 0 Å². The molecule has 2 rings (SSSR count). The Morgan fingerprint density at radius 3 is 3.00 bits per heavy atom. The molecule has 1 heterocycles. The molecular formula is C12H16ClNOS. The summed E-state index contributed by atoms with van der Waals surface area (Å²) in [5.41, 5.74) is 1.39. The molecule has 0 fully saturated rings. The predicted molar refractivity (Wildman–Crippen MR) is 68.6 cm³/mol. The first kappa shape index (κ1) is 11.9. The van der Waals surface area contributed by atoms with Crippen LogP contribution in [0.2, 0.25) is 0 Å². The van der Waals surface area contributed by atoms with E-state index in [0.717, 1.165) is 17.7 Å². The van der Waals surface area contributed by atoms with Crippen molar-refractivity contribution >= 4 is 28.8 Å². The first-order valence-electron chi connectivity index (χ1n) is 5.77. The number of hydrogen-bond acceptors (Lipinski definition) is 2. The quantitative estimate of drug-likeness (QED) is 0.655. The van der Waals surface area contributed by atoms with Gasteiger partial charge in [0.2, 0.25) is 0 Å². The van der Waals surface area contributed by atoms with Crippen molar-refractivity contribution in [2.24, 2.45) is 0 Å². The minimum Gasteiger partial charge on any atom is -0.350 e. The Bertz CT molecular complexity index is 352. The summed E-state index contributed by atoms with van der Waals surface area (Å²) < 4.78 is 0. The zero-order valence-electron chi connectivity index (χ0n) is 9.22. The zero-order valence-corrected chi connectivity index (χ0v) is 10.8. The van der Waals surface area contributed by atoms with Crippen molar-refractivity contribution in [1.29, 1.82) is 0 Å². The maximum atomic E-state index is 11.7. The maximum absolute atomic E-state index is 11.7. The SMILES string of the molecule is O=C(NCCCl)c1cc2c(s1)CCCCC2. The van der Waals surface area contributed by atoms with E-state index in [1.807, 2.05) is 0 Å². The Hall–Kier alpha value is -0.540. The molecular weight excluding hydrogens is 242 g/mol. The molecule has 0 aromatic carbocycles. The van der Waals surface area contributed by atoms with Crippen LogP contribution in [0.3, 0.4) is 0 Å². The van der Waals surface area contributed by atoms with Crippen LogP contribution < -0.4 is 5.32 Å². The van der Waals surface area contributed by atoms with Gasteiger partial charge >= 0.3 is 0 Å². The van der Waals surface area contributed by atoms with Crippen molar-refractivity contribution in [3.8, 4) is 0 Å². The summed E-state index contributed by atoms with van der Waals surface area (Å²) in [4.78, 5) is 14.0. The third-order valence-electron chi connectivity index (χ3n) is 2.85. The highest BCUT2D eigenvalue weighted by molar-refractivity contribution is 7.14. The molecule has 0 unspecified atom stereocenters. The lowest BCUT2D eigenvalue weighted by Gasteiger charge is -1.99. The number of aryl methyl sites for hydroxylation is 2. The summed E-state index contributed by atoms with van der Waals surface area (Å²) in [6, 6.07) is 2.06. The van der Waals surface area contributed by atoms with Crippen LogP contribution in [0.25, 0.3) is 0 Å². The van der Waals surface area contributed by atoms with Crippen LogP contribution in [0.1, 0.15) is 39.4 Å². The molecule has 1 aliphatic carbocycles. The minimum atomic E-state index is 0.0266. The van der Waals surface area contributed by atoms with Crippen LogP contribution in [-0.4, -0.2) is 18.3 Å². The molecule has 1 N–H and O–H groups in total. The van der Waals surface area contributed by atoms with Gasteiger partial charge in [-0.05, 0) is 37.3 Å². The molecule has 16 heavy (non-hydrogen) atoms. The fraction of sp³-hybridized carbons (Fsp3) is 0.583. The van der Waals surface area contributed by atoms with Gasteiger partial charge in [0.1, 0.15) is 0 Å². The van der Waals surface area contributed by atoms with Crippen molar-refractivity contribution < 1.29 is 4.79 Å². The first-order valence-corrected chi connectivity index (χ1v) is 7.12. The van der Waals surface area contributed by atoms with E-state index in [1.54, 1.807) is 11.3 Å². The lowest BCUT2D eigenvalue weighted by Crippen LogP contribution is -2.24. The Morgan fingerprint density at radius 2 is 2.19 bits per heavy atom. The molecule has 0 aliphatic heterocycles. The average molecular weight is 258 g/mol. The molecule has 2 nitrogen and oxygen atoms in total. The lowest BCUT2D eigenvalue weighted by molar-refractivity contribution is 0.0960. The summed E-state index contributed by atoms with van der Waals surface area (Å²) in [6.07, 6.45) is 6.11. The monoisotopic (exact) mass is 257 g/mol. The van der Waals surface area contributed by atoms with Gasteiger partial charge in [-0.1, -0.05) is 6.42 Å². The van der Waals surface area contributed by atoms with Gasteiger partial charge in [0.15, 0.2) is 0 Å². The normalized spacial score (nSPS) is 15.3. The number of fused-ring (bicyclic) bond motifs is 1. The molecule has 0 radical (unpaired) electrons. The molecule has 88 valence electrons. The van der Waals surface area contributed by atoms with Crippen LogP contribution in [-0.2, 0) is 12.8 Å². The highest BCUT2D eigenvalue weighted by Gasteiger charge is 2.15. The molecule has 0 atom stereocenters. The van der Waals surface area contributed by atoms with Crippen LogP contribution in [0.5, 0.6) is 0 Å². The van der Waals surface area contributed by atoms with Gasteiger partial charge in [-0.3, -0.25) is 4.79 Å². The summed E-state index contributed by atoms with van der Waals surface area (Å²) in [5.74, 6) is 0.496. The number of alkyl halides is 1. The first-order chi connectivity index (χ1) is 7.81. The number of carbonyl (C=O) groups excluding carboxylic acids is 1. The third kappa shape index (κ3) is 2.77. The summed E-state index contributed by atoms with van der Waals surface area (Å²) in [7, 11) is 0. The molecule has 1 aromatic rings. The Morgan fingerprint density at radius 1 is 1.38 bits per heavy atom. The van der Waals surface area contributed by atoms with Gasteiger partial charge in [-0.15, -0.1) is 22.9 Å². The van der Waals surface area contributed by atoms with Gasteiger partial charge in [-0.25, -0.2) is 0 Å². The van der Waals surface area contributed by atoms with Crippen molar-refractivity contribution in [3.05, 3.63) is 21.4 Å². The Labute approximate surface area is 105 Å². The van der Waals surface area contributed by atoms with E-state index in [1.165, 1.54) is 29.7 Å². The maximum Gasteiger partial charge on any atom is 0.261 e. The van der Waals surface area contributed by atoms with Crippen LogP contribution >= 0.6 is 22.9 Å². The Kier molecular flexibility index (Phi) is 4.24. The molecule has 1 aromatic heterocycles. The van der Waals surface area contributed by atoms with E-state index in [4.69, 9.17) is 11.6 Å². The number of rotatable bonds is 3. The minimum absolute atomic E-state index is 0.0266. The third-order valence-corrected chi connectivity index (χ3v) is 4.28. The van der Waals surface area contributed by atoms with Crippen molar-refractivity contribution in [1.82, 2.24) is 5.32 Å². The molecule has 0 spiro atoms. The van der Waals surface area contributed by atoms with Crippen LogP contribution in [0.4, 0.5) is 0 Å². The van der Waals surface area contributed by atoms with E-state index in [0.29, 0.717) is 12.4 Å². The topological polar surface area (TPSA) is 29.1 Å². The standard InChI is InChI=1S/C12H16ClNOS/c13-6-7-14-12(15)11-8-9-4-2-1-3-5-10(9)16-11/h8H,1-7H2,(H,14,15). The van der Waals surface area contributed by atoms with E-state index in [-0.39, 0.29) is 5.91 Å². The summed E-state index contributed by atoms with van der Waals surface area (Å²) >= 11 is 7.20. The smallest absolute Gasteiger partial charge is 0.261 e. The Balaban J connectivity index is 2.08.